The smallest absolute Gasteiger partial charge is 0.199 e. The number of hydrogen-bond acceptors (Lipinski definition) is 3. The number of hydrogen-bond donors (Lipinski definition) is 1. The highest BCUT2D eigenvalue weighted by Crippen LogP contribution is 2.61. The maximum Gasteiger partial charge on any atom is 0.199 e. The van der Waals surface area contributed by atoms with Crippen LogP contribution in [0.15, 0.2) is 6.20 Å². The van der Waals surface area contributed by atoms with E-state index in [-0.39, 0.29) is 0 Å². The van der Waals surface area contributed by atoms with Gasteiger partial charge in [-0.2, -0.15) is 10.2 Å². The van der Waals surface area contributed by atoms with Crippen LogP contribution in [0.25, 0.3) is 5.69 Å². The van der Waals surface area contributed by atoms with Crippen LogP contribution in [0.1, 0.15) is 57.0 Å². The summed E-state index contributed by atoms with van der Waals surface area (Å²) >= 11 is 5.58. The molecular weight excluding hydrogens is 330 g/mol. The minimum Gasteiger partial charge on any atom is -0.269 e. The summed E-state index contributed by atoms with van der Waals surface area (Å²) < 4.78 is 4.86. The Morgan fingerprint density at radius 3 is 2.40 bits per heavy atom. The molecule has 4 bridgehead atoms. The Balaban J connectivity index is 1.52. The van der Waals surface area contributed by atoms with E-state index in [0.717, 1.165) is 47.9 Å². The Morgan fingerprint density at radius 2 is 1.84 bits per heavy atom. The van der Waals surface area contributed by atoms with E-state index < -0.39 is 0 Å². The van der Waals surface area contributed by atoms with E-state index in [4.69, 9.17) is 12.2 Å². The number of rotatable bonds is 4. The molecule has 0 aliphatic heterocycles. The summed E-state index contributed by atoms with van der Waals surface area (Å²) in [6.07, 6.45) is 11.6. The fourth-order valence-corrected chi connectivity index (χ4v) is 6.76. The summed E-state index contributed by atoms with van der Waals surface area (Å²) in [5, 5.41) is 12.2. The van der Waals surface area contributed by atoms with Gasteiger partial charge in [-0.05, 0) is 87.8 Å². The third-order valence-corrected chi connectivity index (χ3v) is 7.33. The first-order valence-corrected chi connectivity index (χ1v) is 10.2. The molecule has 2 aromatic heterocycles. The van der Waals surface area contributed by atoms with Crippen LogP contribution in [0, 0.1) is 34.9 Å². The van der Waals surface area contributed by atoms with Crippen LogP contribution in [0.2, 0.25) is 0 Å². The molecule has 6 heteroatoms. The molecule has 4 aliphatic rings. The average molecular weight is 358 g/mol. The highest BCUT2D eigenvalue weighted by atomic mass is 32.1. The summed E-state index contributed by atoms with van der Waals surface area (Å²) in [6, 6.07) is 0. The van der Waals surface area contributed by atoms with E-state index in [1.54, 1.807) is 0 Å². The Hall–Kier alpha value is -1.43. The van der Waals surface area contributed by atoms with Crippen molar-refractivity contribution in [2.45, 2.75) is 65.3 Å². The molecule has 0 saturated heterocycles. The first kappa shape index (κ1) is 15.8. The third kappa shape index (κ3) is 2.44. The van der Waals surface area contributed by atoms with E-state index >= 15 is 0 Å². The Bertz CT molecular complexity index is 822. The highest BCUT2D eigenvalue weighted by Gasteiger charge is 2.51. The topological polar surface area (TPSA) is 51.4 Å². The van der Waals surface area contributed by atoms with Gasteiger partial charge < -0.3 is 0 Å². The molecular formula is C19H27N5S. The highest BCUT2D eigenvalue weighted by molar-refractivity contribution is 7.71. The van der Waals surface area contributed by atoms with E-state index in [0.29, 0.717) is 10.2 Å². The maximum absolute atomic E-state index is 5.58. The molecule has 5 nitrogen and oxygen atoms in total. The third-order valence-electron chi connectivity index (χ3n) is 7.06. The van der Waals surface area contributed by atoms with Gasteiger partial charge in [-0.3, -0.25) is 14.3 Å². The first-order valence-electron chi connectivity index (χ1n) is 9.76. The number of aromatic nitrogens is 5. The number of nitrogens with one attached hydrogen (secondary N) is 1. The molecule has 0 atom stereocenters. The van der Waals surface area contributed by atoms with Crippen molar-refractivity contribution < 1.29 is 0 Å². The van der Waals surface area contributed by atoms with Gasteiger partial charge >= 0.3 is 0 Å². The van der Waals surface area contributed by atoms with Crippen molar-refractivity contribution in [2.75, 3.05) is 0 Å². The molecule has 0 amide bonds. The first-order chi connectivity index (χ1) is 12.1. The van der Waals surface area contributed by atoms with Gasteiger partial charge in [-0.15, -0.1) is 0 Å². The number of aromatic amines is 1. The van der Waals surface area contributed by atoms with E-state index in [2.05, 4.69) is 33.7 Å². The standard InChI is InChI=1S/C19H27N5S/c1-3-23-12(2)16(11-20-23)24-17(21-22-18(24)25)10-19-7-13-4-14(8-19)6-15(5-13)9-19/h11,13-15H,3-10H2,1-2H3,(H,22,25). The molecule has 2 heterocycles. The van der Waals surface area contributed by atoms with Crippen LogP contribution >= 0.6 is 12.2 Å². The minimum absolute atomic E-state index is 0.460. The molecule has 0 aromatic carbocycles. The van der Waals surface area contributed by atoms with Crippen molar-refractivity contribution in [3.05, 3.63) is 22.5 Å². The van der Waals surface area contributed by atoms with Gasteiger partial charge in [0.15, 0.2) is 4.77 Å². The largest absolute Gasteiger partial charge is 0.269 e. The predicted molar refractivity (Wildman–Crippen MR) is 99.3 cm³/mol. The van der Waals surface area contributed by atoms with Crippen LogP contribution in [0.5, 0.6) is 0 Å². The molecule has 4 saturated carbocycles. The van der Waals surface area contributed by atoms with Gasteiger partial charge in [0.25, 0.3) is 0 Å². The lowest BCUT2D eigenvalue weighted by molar-refractivity contribution is -0.0533. The summed E-state index contributed by atoms with van der Waals surface area (Å²) in [6.45, 7) is 5.12. The zero-order valence-corrected chi connectivity index (χ0v) is 16.0. The average Bonchev–Trinajstić information content (AvgIpc) is 3.08. The number of H-pyrrole nitrogens is 1. The molecule has 2 aromatic rings. The van der Waals surface area contributed by atoms with Gasteiger partial charge in [0, 0.05) is 13.0 Å². The van der Waals surface area contributed by atoms with Crippen LogP contribution in [0.4, 0.5) is 0 Å². The second-order valence-electron chi connectivity index (χ2n) is 8.81. The Labute approximate surface area is 153 Å². The number of nitrogens with zero attached hydrogens (tertiary/aromatic N) is 4. The van der Waals surface area contributed by atoms with Crippen molar-refractivity contribution in [2.24, 2.45) is 23.2 Å². The Kier molecular flexibility index (Phi) is 3.50. The minimum atomic E-state index is 0.460. The zero-order valence-electron chi connectivity index (χ0n) is 15.2. The summed E-state index contributed by atoms with van der Waals surface area (Å²) in [5.41, 5.74) is 2.70. The normalized spacial score (nSPS) is 33.3. The lowest BCUT2D eigenvalue weighted by Gasteiger charge is -2.56. The predicted octanol–water partition coefficient (Wildman–Crippen LogP) is 4.21. The van der Waals surface area contributed by atoms with Gasteiger partial charge in [0.2, 0.25) is 0 Å². The van der Waals surface area contributed by atoms with E-state index in [1.807, 2.05) is 10.9 Å². The van der Waals surface area contributed by atoms with Crippen molar-refractivity contribution in [3.8, 4) is 5.69 Å². The van der Waals surface area contributed by atoms with Crippen LogP contribution in [-0.4, -0.2) is 24.5 Å². The fraction of sp³-hybridized carbons (Fsp3) is 0.737. The van der Waals surface area contributed by atoms with Crippen molar-refractivity contribution >= 4 is 12.2 Å². The SMILES string of the molecule is CCn1ncc(-n2c(CC34CC5CC(CC(C5)C3)C4)n[nH]c2=S)c1C. The second kappa shape index (κ2) is 5.53. The number of aryl methyl sites for hydroxylation is 1. The molecule has 134 valence electrons. The lowest BCUT2D eigenvalue weighted by Crippen LogP contribution is -2.47. The zero-order chi connectivity index (χ0) is 17.2. The summed E-state index contributed by atoms with van der Waals surface area (Å²) in [4.78, 5) is 0. The molecule has 6 rings (SSSR count). The van der Waals surface area contributed by atoms with Gasteiger partial charge in [-0.1, -0.05) is 0 Å². The maximum atomic E-state index is 5.58. The molecule has 0 unspecified atom stereocenters. The molecule has 25 heavy (non-hydrogen) atoms. The van der Waals surface area contributed by atoms with E-state index in [1.165, 1.54) is 38.5 Å². The molecule has 1 N–H and O–H groups in total. The Morgan fingerprint density at radius 1 is 1.20 bits per heavy atom. The second-order valence-corrected chi connectivity index (χ2v) is 9.19. The molecule has 4 aliphatic carbocycles. The van der Waals surface area contributed by atoms with Gasteiger partial charge in [0.1, 0.15) is 5.82 Å². The lowest BCUT2D eigenvalue weighted by atomic mass is 9.49. The van der Waals surface area contributed by atoms with Gasteiger partial charge in [-0.25, -0.2) is 0 Å². The van der Waals surface area contributed by atoms with Crippen molar-refractivity contribution in [3.63, 3.8) is 0 Å². The monoisotopic (exact) mass is 357 g/mol. The van der Waals surface area contributed by atoms with Crippen LogP contribution < -0.4 is 0 Å². The van der Waals surface area contributed by atoms with Crippen LogP contribution in [0.3, 0.4) is 0 Å². The van der Waals surface area contributed by atoms with Gasteiger partial charge in [0.05, 0.1) is 17.6 Å². The van der Waals surface area contributed by atoms with Crippen molar-refractivity contribution in [1.82, 2.24) is 24.5 Å². The van der Waals surface area contributed by atoms with Crippen LogP contribution in [-0.2, 0) is 13.0 Å². The quantitative estimate of drug-likeness (QED) is 0.834. The van der Waals surface area contributed by atoms with Crippen molar-refractivity contribution in [1.29, 1.82) is 0 Å². The summed E-state index contributed by atoms with van der Waals surface area (Å²) in [7, 11) is 0. The molecule has 4 fully saturated rings. The summed E-state index contributed by atoms with van der Waals surface area (Å²) in [5.74, 6) is 3.99. The fourth-order valence-electron chi connectivity index (χ4n) is 6.51. The molecule has 0 spiro atoms. The molecule has 0 radical (unpaired) electrons. The van der Waals surface area contributed by atoms with E-state index in [9.17, 15) is 0 Å².